The molecule has 0 aliphatic carbocycles. The van der Waals surface area contributed by atoms with Gasteiger partial charge < -0.3 is 23.7 Å². The lowest BCUT2D eigenvalue weighted by molar-refractivity contribution is -0.339. The highest BCUT2D eigenvalue weighted by Gasteiger charge is 2.40. The van der Waals surface area contributed by atoms with E-state index in [1.807, 2.05) is 0 Å². The quantitative estimate of drug-likeness (QED) is 0.291. The summed E-state index contributed by atoms with van der Waals surface area (Å²) in [5.74, 6) is -4.63. The van der Waals surface area contributed by atoms with Crippen molar-refractivity contribution in [2.75, 3.05) is 27.1 Å². The molecule has 0 aromatic heterocycles. The first-order chi connectivity index (χ1) is 11.7. The van der Waals surface area contributed by atoms with Gasteiger partial charge in [0, 0.05) is 7.11 Å². The van der Waals surface area contributed by atoms with Crippen LogP contribution >= 0.6 is 0 Å². The average Bonchev–Trinajstić information content (AvgIpc) is 2.41. The van der Waals surface area contributed by atoms with Gasteiger partial charge in [0.05, 0.1) is 0 Å². The summed E-state index contributed by atoms with van der Waals surface area (Å²) >= 11 is 0. The maximum Gasteiger partial charge on any atom is 0.575 e. The Kier molecular flexibility index (Phi) is 9.06. The molecule has 0 bridgehead atoms. The fraction of sp³-hybridized carbons (Fsp3) is 0.800. The molecule has 0 amide bonds. The molecule has 6 nitrogen and oxygen atoms in total. The van der Waals surface area contributed by atoms with Crippen molar-refractivity contribution in [2.45, 2.75) is 25.3 Å². The Morgan fingerprint density at radius 1 is 0.846 bits per heavy atom. The van der Waals surface area contributed by atoms with E-state index in [0.29, 0.717) is 0 Å². The van der Waals surface area contributed by atoms with E-state index in [-0.39, 0.29) is 0 Å². The second-order valence-corrected chi connectivity index (χ2v) is 3.88. The fourth-order valence-corrected chi connectivity index (χ4v) is 0.943. The van der Waals surface area contributed by atoms with Gasteiger partial charge in [0.15, 0.2) is 20.0 Å². The molecule has 0 aliphatic rings. The Morgan fingerprint density at radius 2 is 1.38 bits per heavy atom. The topological polar surface area (TPSA) is 55.4 Å². The number of ether oxygens (including phenoxy) is 6. The van der Waals surface area contributed by atoms with Crippen molar-refractivity contribution in [3.05, 3.63) is 11.9 Å². The zero-order chi connectivity index (χ0) is 20.6. The van der Waals surface area contributed by atoms with Crippen LogP contribution in [0.15, 0.2) is 11.9 Å². The molecule has 0 unspecified atom stereocenters. The van der Waals surface area contributed by atoms with Gasteiger partial charge in [-0.25, -0.2) is 0 Å². The molecule has 0 radical (unpaired) electrons. The van der Waals surface area contributed by atoms with E-state index in [1.54, 1.807) is 0 Å². The van der Waals surface area contributed by atoms with Crippen LogP contribution in [0.2, 0.25) is 0 Å². The molecule has 0 fully saturated rings. The largest absolute Gasteiger partial charge is 0.575 e. The van der Waals surface area contributed by atoms with Crippen molar-refractivity contribution < 1.29 is 72.3 Å². The molecule has 0 saturated heterocycles. The van der Waals surface area contributed by atoms with Gasteiger partial charge in [0.1, 0.15) is 0 Å². The molecule has 26 heavy (non-hydrogen) atoms. The van der Waals surface area contributed by atoms with Crippen LogP contribution in [0.25, 0.3) is 0 Å². The first-order valence-corrected chi connectivity index (χ1v) is 5.93. The molecule has 0 aromatic rings. The Morgan fingerprint density at radius 3 is 1.81 bits per heavy atom. The van der Waals surface area contributed by atoms with E-state index in [0.717, 1.165) is 7.11 Å². The maximum absolute atomic E-state index is 13.1. The first kappa shape index (κ1) is 24.2. The molecule has 0 spiro atoms. The molecule has 0 heterocycles. The third-order valence-electron chi connectivity index (χ3n) is 1.70. The Labute approximate surface area is 138 Å². The molecule has 16 heteroatoms. The van der Waals surface area contributed by atoms with Crippen molar-refractivity contribution in [3.8, 4) is 0 Å². The lowest BCUT2D eigenvalue weighted by atomic mass is 10.6. The van der Waals surface area contributed by atoms with Gasteiger partial charge in [0.25, 0.3) is 0 Å². The van der Waals surface area contributed by atoms with Crippen LogP contribution in [-0.2, 0) is 28.4 Å². The van der Waals surface area contributed by atoms with Gasteiger partial charge in [-0.15, -0.1) is 13.2 Å². The molecule has 0 aromatic carbocycles. The van der Waals surface area contributed by atoms with Crippen molar-refractivity contribution in [2.24, 2.45) is 0 Å². The van der Waals surface area contributed by atoms with Crippen LogP contribution in [-0.4, -0.2) is 52.4 Å². The lowest BCUT2D eigenvalue weighted by Crippen LogP contribution is -2.30. The standard InChI is InChI=1S/C10H10F10O6/c1-21-4-24-9(16,17)3-23-5(22-2-8(13,14)15)6(25-7(11)12)26-10(18,19)20/h7H,2-4H2,1H3. The minimum absolute atomic E-state index is 0.917. The summed E-state index contributed by atoms with van der Waals surface area (Å²) < 4.78 is 144. The number of halogens is 10. The van der Waals surface area contributed by atoms with Crippen LogP contribution in [0.5, 0.6) is 0 Å². The summed E-state index contributed by atoms with van der Waals surface area (Å²) in [6.07, 6.45) is -15.3. The number of methoxy groups -OCH3 is 1. The molecule has 0 saturated carbocycles. The van der Waals surface area contributed by atoms with E-state index in [1.165, 1.54) is 0 Å². The molecule has 156 valence electrons. The summed E-state index contributed by atoms with van der Waals surface area (Å²) in [6.45, 7) is -9.55. The van der Waals surface area contributed by atoms with Crippen molar-refractivity contribution in [1.82, 2.24) is 0 Å². The Bertz CT molecular complexity index is 447. The summed E-state index contributed by atoms with van der Waals surface area (Å²) in [6, 6.07) is 0. The van der Waals surface area contributed by atoms with E-state index >= 15 is 0 Å². The average molecular weight is 416 g/mol. The van der Waals surface area contributed by atoms with Crippen LogP contribution in [0, 0.1) is 0 Å². The third-order valence-corrected chi connectivity index (χ3v) is 1.70. The number of rotatable bonds is 11. The molecule has 0 N–H and O–H groups in total. The zero-order valence-corrected chi connectivity index (χ0v) is 12.4. The van der Waals surface area contributed by atoms with Crippen molar-refractivity contribution >= 4 is 0 Å². The van der Waals surface area contributed by atoms with Crippen LogP contribution < -0.4 is 0 Å². The molecular weight excluding hydrogens is 406 g/mol. The summed E-state index contributed by atoms with van der Waals surface area (Å²) in [5, 5.41) is 0. The number of hydrogen-bond acceptors (Lipinski definition) is 6. The lowest BCUT2D eigenvalue weighted by Gasteiger charge is -2.21. The van der Waals surface area contributed by atoms with Gasteiger partial charge in [-0.1, -0.05) is 0 Å². The van der Waals surface area contributed by atoms with Crippen LogP contribution in [0.4, 0.5) is 43.9 Å². The minimum Gasteiger partial charge on any atom is -0.451 e. The van der Waals surface area contributed by atoms with E-state index in [9.17, 15) is 43.9 Å². The number of alkyl halides is 10. The van der Waals surface area contributed by atoms with Gasteiger partial charge in [0.2, 0.25) is 0 Å². The highest BCUT2D eigenvalue weighted by Crippen LogP contribution is 2.28. The SMILES string of the molecule is COCOC(F)(F)COC(OCC(F)(F)F)=C(OC(F)F)OC(F)(F)F. The predicted molar refractivity (Wildman–Crippen MR) is 57.1 cm³/mol. The summed E-state index contributed by atoms with van der Waals surface area (Å²) in [5.41, 5.74) is 0. The van der Waals surface area contributed by atoms with Gasteiger partial charge >= 0.3 is 37.1 Å². The summed E-state index contributed by atoms with van der Waals surface area (Å²) in [4.78, 5) is 0. The highest BCUT2D eigenvalue weighted by atomic mass is 19.4. The maximum atomic E-state index is 13.1. The van der Waals surface area contributed by atoms with Gasteiger partial charge in [-0.3, -0.25) is 4.74 Å². The normalized spacial score (nSPS) is 14.2. The fourth-order valence-electron chi connectivity index (χ4n) is 0.943. The molecular formula is C10H10F10O6. The van der Waals surface area contributed by atoms with E-state index in [4.69, 9.17) is 0 Å². The Balaban J connectivity index is 5.47. The smallest absolute Gasteiger partial charge is 0.451 e. The predicted octanol–water partition coefficient (Wildman–Crippen LogP) is 3.70. The first-order valence-electron chi connectivity index (χ1n) is 5.93. The van der Waals surface area contributed by atoms with Gasteiger partial charge in [-0.05, 0) is 0 Å². The summed E-state index contributed by atoms with van der Waals surface area (Å²) in [7, 11) is 0.917. The third kappa shape index (κ3) is 12.5. The van der Waals surface area contributed by atoms with Crippen LogP contribution in [0.3, 0.4) is 0 Å². The second-order valence-electron chi connectivity index (χ2n) is 3.88. The second kappa shape index (κ2) is 9.75. The molecule has 0 atom stereocenters. The zero-order valence-electron chi connectivity index (χ0n) is 12.4. The van der Waals surface area contributed by atoms with Crippen molar-refractivity contribution in [1.29, 1.82) is 0 Å². The van der Waals surface area contributed by atoms with Crippen molar-refractivity contribution in [3.63, 3.8) is 0 Å². The van der Waals surface area contributed by atoms with E-state index in [2.05, 4.69) is 28.4 Å². The molecule has 0 aliphatic heterocycles. The molecule has 0 rings (SSSR count). The van der Waals surface area contributed by atoms with Crippen LogP contribution in [0.1, 0.15) is 0 Å². The number of hydrogen-bond donors (Lipinski definition) is 0. The Hall–Kier alpha value is -1.84. The minimum atomic E-state index is -5.75. The van der Waals surface area contributed by atoms with Gasteiger partial charge in [-0.2, -0.15) is 30.7 Å². The van der Waals surface area contributed by atoms with E-state index < -0.39 is 57.2 Å². The highest BCUT2D eigenvalue weighted by molar-refractivity contribution is 4.88. The monoisotopic (exact) mass is 416 g/mol.